The van der Waals surface area contributed by atoms with Gasteiger partial charge in [-0.15, -0.1) is 0 Å². The van der Waals surface area contributed by atoms with Crippen molar-refractivity contribution in [3.05, 3.63) is 34.9 Å². The first-order chi connectivity index (χ1) is 9.65. The van der Waals surface area contributed by atoms with Crippen molar-refractivity contribution in [3.63, 3.8) is 0 Å². The molecule has 1 fully saturated rings. The molecule has 1 saturated heterocycles. The average Bonchev–Trinajstić information content (AvgIpc) is 2.67. The quantitative estimate of drug-likeness (QED) is 0.494. The fraction of sp³-hybridized carbons (Fsp3) is 0.385. The maximum absolute atomic E-state index is 13.5. The molecule has 8 heteroatoms. The molecule has 1 aromatic carbocycles. The number of carbonyl (C=O) groups excluding carboxylic acids is 2. The van der Waals surface area contributed by atoms with E-state index >= 15 is 0 Å². The molecule has 1 aliphatic rings. The van der Waals surface area contributed by atoms with Gasteiger partial charge in [0.25, 0.3) is 5.91 Å². The molecule has 0 spiro atoms. The summed E-state index contributed by atoms with van der Waals surface area (Å²) in [6.07, 6.45) is 0. The van der Waals surface area contributed by atoms with E-state index < -0.39 is 52.1 Å². The van der Waals surface area contributed by atoms with E-state index in [1.165, 1.54) is 0 Å². The number of halogens is 4. The van der Waals surface area contributed by atoms with Crippen molar-refractivity contribution in [2.75, 3.05) is 6.54 Å². The second kappa shape index (κ2) is 5.01. The Bertz CT molecular complexity index is 631. The third-order valence-electron chi connectivity index (χ3n) is 3.38. The molecule has 2 rings (SSSR count). The summed E-state index contributed by atoms with van der Waals surface area (Å²) >= 11 is 0. The molecular weight excluding hydrogens is 292 g/mol. The van der Waals surface area contributed by atoms with Gasteiger partial charge in [-0.1, -0.05) is 13.8 Å². The number of hydrogen-bond donors (Lipinski definition) is 2. The Hall–Kier alpha value is -2.12. The number of nitrogens with one attached hydrogen (secondary N) is 2. The molecule has 1 aromatic rings. The van der Waals surface area contributed by atoms with Gasteiger partial charge in [-0.3, -0.25) is 9.59 Å². The van der Waals surface area contributed by atoms with Gasteiger partial charge in [0.05, 0.1) is 5.56 Å². The smallest absolute Gasteiger partial charge is 0.255 e. The standard InChI is InChI=1S/C13H12F4N2O2/c1-13(2)4-18-12(21)10(13)19-11(20)5-3-6(14)8(16)9(17)7(5)15/h3,10H,4H2,1-2H3,(H,18,21)(H,19,20). The minimum absolute atomic E-state index is 0.253. The average molecular weight is 304 g/mol. The molecule has 2 N–H and O–H groups in total. The molecule has 21 heavy (non-hydrogen) atoms. The van der Waals surface area contributed by atoms with E-state index in [2.05, 4.69) is 10.6 Å². The highest BCUT2D eigenvalue weighted by molar-refractivity contribution is 5.98. The first-order valence-corrected chi connectivity index (χ1v) is 6.06. The van der Waals surface area contributed by atoms with Crippen molar-refractivity contribution < 1.29 is 27.2 Å². The highest BCUT2D eigenvalue weighted by Crippen LogP contribution is 2.26. The number of hydrogen-bond acceptors (Lipinski definition) is 2. The SMILES string of the molecule is CC1(C)CNC(=O)C1NC(=O)c1cc(F)c(F)c(F)c1F. The van der Waals surface area contributed by atoms with E-state index in [0.717, 1.165) is 0 Å². The number of benzene rings is 1. The Morgan fingerprint density at radius 2 is 1.86 bits per heavy atom. The molecule has 0 radical (unpaired) electrons. The van der Waals surface area contributed by atoms with Crippen LogP contribution in [-0.4, -0.2) is 24.4 Å². The van der Waals surface area contributed by atoms with Gasteiger partial charge in [0.1, 0.15) is 6.04 Å². The van der Waals surface area contributed by atoms with Crippen LogP contribution in [0.4, 0.5) is 17.6 Å². The van der Waals surface area contributed by atoms with Gasteiger partial charge in [0.15, 0.2) is 23.3 Å². The maximum Gasteiger partial charge on any atom is 0.255 e. The summed E-state index contributed by atoms with van der Waals surface area (Å²) in [5.41, 5.74) is -1.65. The molecule has 114 valence electrons. The molecule has 2 amide bonds. The molecule has 0 aromatic heterocycles. The zero-order chi connectivity index (χ0) is 15.9. The first-order valence-electron chi connectivity index (χ1n) is 6.06. The van der Waals surface area contributed by atoms with Crippen molar-refractivity contribution >= 4 is 11.8 Å². The van der Waals surface area contributed by atoms with Gasteiger partial charge in [-0.05, 0) is 6.07 Å². The highest BCUT2D eigenvalue weighted by Gasteiger charge is 2.42. The summed E-state index contributed by atoms with van der Waals surface area (Å²) in [6.45, 7) is 3.64. The molecule has 1 heterocycles. The Balaban J connectivity index is 2.32. The second-order valence-electron chi connectivity index (χ2n) is 5.46. The molecule has 1 unspecified atom stereocenters. The van der Waals surface area contributed by atoms with Crippen LogP contribution in [0.15, 0.2) is 6.07 Å². The largest absolute Gasteiger partial charge is 0.354 e. The highest BCUT2D eigenvalue weighted by atomic mass is 19.2. The molecule has 0 aliphatic carbocycles. The first kappa shape index (κ1) is 15.3. The lowest BCUT2D eigenvalue weighted by Gasteiger charge is -2.24. The molecule has 0 saturated carbocycles. The topological polar surface area (TPSA) is 58.2 Å². The zero-order valence-corrected chi connectivity index (χ0v) is 11.2. The third-order valence-corrected chi connectivity index (χ3v) is 3.38. The number of amides is 2. The van der Waals surface area contributed by atoms with Crippen LogP contribution in [0, 0.1) is 28.7 Å². The van der Waals surface area contributed by atoms with E-state index in [4.69, 9.17) is 0 Å². The molecule has 4 nitrogen and oxygen atoms in total. The van der Waals surface area contributed by atoms with Crippen molar-refractivity contribution in [3.8, 4) is 0 Å². The molecule has 0 bridgehead atoms. The predicted molar refractivity (Wildman–Crippen MR) is 64.3 cm³/mol. The van der Waals surface area contributed by atoms with E-state index in [1.807, 2.05) is 0 Å². The van der Waals surface area contributed by atoms with Gasteiger partial charge < -0.3 is 10.6 Å². The maximum atomic E-state index is 13.5. The van der Waals surface area contributed by atoms with E-state index in [-0.39, 0.29) is 12.6 Å². The monoisotopic (exact) mass is 304 g/mol. The summed E-state index contributed by atoms with van der Waals surface area (Å²) in [5.74, 6) is -9.24. The summed E-state index contributed by atoms with van der Waals surface area (Å²) in [5, 5.41) is 4.71. The fourth-order valence-electron chi connectivity index (χ4n) is 2.08. The summed E-state index contributed by atoms with van der Waals surface area (Å²) < 4.78 is 52.5. The normalized spacial score (nSPS) is 20.3. The lowest BCUT2D eigenvalue weighted by molar-refractivity contribution is -0.121. The van der Waals surface area contributed by atoms with Crippen molar-refractivity contribution in [2.45, 2.75) is 19.9 Å². The van der Waals surface area contributed by atoms with Gasteiger partial charge >= 0.3 is 0 Å². The van der Waals surface area contributed by atoms with Gasteiger partial charge in [0.2, 0.25) is 5.91 Å². The van der Waals surface area contributed by atoms with Crippen LogP contribution in [0.25, 0.3) is 0 Å². The third kappa shape index (κ3) is 2.57. The Kier molecular flexibility index (Phi) is 3.65. The van der Waals surface area contributed by atoms with Crippen LogP contribution in [-0.2, 0) is 4.79 Å². The van der Waals surface area contributed by atoms with Crippen molar-refractivity contribution in [1.29, 1.82) is 0 Å². The van der Waals surface area contributed by atoms with Crippen LogP contribution >= 0.6 is 0 Å². The van der Waals surface area contributed by atoms with Crippen molar-refractivity contribution in [2.24, 2.45) is 5.41 Å². The van der Waals surface area contributed by atoms with E-state index in [0.29, 0.717) is 0 Å². The van der Waals surface area contributed by atoms with E-state index in [1.54, 1.807) is 13.8 Å². The van der Waals surface area contributed by atoms with Gasteiger partial charge in [0, 0.05) is 12.0 Å². The summed E-state index contributed by atoms with van der Waals surface area (Å²) in [4.78, 5) is 23.5. The lowest BCUT2D eigenvalue weighted by Crippen LogP contribution is -2.47. The summed E-state index contributed by atoms with van der Waals surface area (Å²) in [7, 11) is 0. The van der Waals surface area contributed by atoms with Crippen LogP contribution in [0.1, 0.15) is 24.2 Å². The minimum atomic E-state index is -2.07. The second-order valence-corrected chi connectivity index (χ2v) is 5.46. The number of carbonyl (C=O) groups is 2. The zero-order valence-electron chi connectivity index (χ0n) is 11.2. The minimum Gasteiger partial charge on any atom is -0.354 e. The Morgan fingerprint density at radius 3 is 2.38 bits per heavy atom. The molecule has 1 aliphatic heterocycles. The number of rotatable bonds is 2. The summed E-state index contributed by atoms with van der Waals surface area (Å²) in [6, 6.07) is -0.733. The molecular formula is C13H12F4N2O2. The lowest BCUT2D eigenvalue weighted by atomic mass is 9.87. The van der Waals surface area contributed by atoms with Crippen LogP contribution in [0.3, 0.4) is 0 Å². The van der Waals surface area contributed by atoms with Crippen LogP contribution in [0.5, 0.6) is 0 Å². The van der Waals surface area contributed by atoms with Gasteiger partial charge in [-0.2, -0.15) is 0 Å². The van der Waals surface area contributed by atoms with Crippen LogP contribution < -0.4 is 10.6 Å². The fourth-order valence-corrected chi connectivity index (χ4v) is 2.08. The Morgan fingerprint density at radius 1 is 1.24 bits per heavy atom. The van der Waals surface area contributed by atoms with Crippen LogP contribution in [0.2, 0.25) is 0 Å². The van der Waals surface area contributed by atoms with Gasteiger partial charge in [-0.25, -0.2) is 17.6 Å². The Labute approximate surface area is 117 Å². The predicted octanol–water partition coefficient (Wildman–Crippen LogP) is 1.50. The van der Waals surface area contributed by atoms with E-state index in [9.17, 15) is 27.2 Å². The molecule has 1 atom stereocenters. The van der Waals surface area contributed by atoms with Crippen molar-refractivity contribution in [1.82, 2.24) is 10.6 Å².